The van der Waals surface area contributed by atoms with E-state index in [2.05, 4.69) is 6.58 Å². The van der Waals surface area contributed by atoms with Crippen molar-refractivity contribution in [3.8, 4) is 0 Å². The summed E-state index contributed by atoms with van der Waals surface area (Å²) in [5.41, 5.74) is 0.387. The van der Waals surface area contributed by atoms with Gasteiger partial charge in [-0.25, -0.2) is 4.79 Å². The van der Waals surface area contributed by atoms with E-state index in [1.807, 2.05) is 13.8 Å². The second-order valence-corrected chi connectivity index (χ2v) is 3.03. The van der Waals surface area contributed by atoms with Gasteiger partial charge in [0.25, 0.3) is 0 Å². The van der Waals surface area contributed by atoms with Gasteiger partial charge in [-0.15, -0.1) is 0 Å². The predicted octanol–water partition coefficient (Wildman–Crippen LogP) is 1.73. The lowest BCUT2D eigenvalue weighted by Gasteiger charge is -2.19. The van der Waals surface area contributed by atoms with E-state index in [0.29, 0.717) is 5.57 Å². The molecule has 0 heterocycles. The minimum absolute atomic E-state index is 0.151. The number of rotatable bonds is 4. The maximum Gasteiger partial charge on any atom is 0.335 e. The van der Waals surface area contributed by atoms with Crippen LogP contribution in [0.1, 0.15) is 20.8 Å². The van der Waals surface area contributed by atoms with E-state index in [-0.39, 0.29) is 5.92 Å². The smallest absolute Gasteiger partial charge is 0.335 e. The molecule has 0 rings (SSSR count). The fourth-order valence-corrected chi connectivity index (χ4v) is 0.662. The molecular formula is C9H16O3. The van der Waals surface area contributed by atoms with Gasteiger partial charge in [0.1, 0.15) is 0 Å². The third-order valence-electron chi connectivity index (χ3n) is 1.35. The molecule has 0 saturated heterocycles. The van der Waals surface area contributed by atoms with Crippen molar-refractivity contribution in [1.29, 1.82) is 0 Å². The lowest BCUT2D eigenvalue weighted by Crippen LogP contribution is -2.25. The molecule has 0 aromatic heterocycles. The van der Waals surface area contributed by atoms with Crippen LogP contribution in [0.25, 0.3) is 0 Å². The zero-order valence-electron chi connectivity index (χ0n) is 8.09. The molecule has 0 N–H and O–H groups in total. The lowest BCUT2D eigenvalue weighted by molar-refractivity contribution is -0.177. The molecule has 0 aliphatic rings. The Kier molecular flexibility index (Phi) is 4.59. The Morgan fingerprint density at radius 3 is 2.17 bits per heavy atom. The van der Waals surface area contributed by atoms with Gasteiger partial charge >= 0.3 is 5.97 Å². The minimum atomic E-state index is -0.478. The molecule has 0 aromatic carbocycles. The molecule has 1 unspecified atom stereocenters. The first kappa shape index (κ1) is 11.2. The second-order valence-electron chi connectivity index (χ2n) is 3.03. The summed E-state index contributed by atoms with van der Waals surface area (Å²) in [6.45, 7) is 8.91. The van der Waals surface area contributed by atoms with Crippen molar-refractivity contribution < 1.29 is 14.3 Å². The van der Waals surface area contributed by atoms with E-state index < -0.39 is 12.3 Å². The van der Waals surface area contributed by atoms with E-state index in [1.54, 1.807) is 6.92 Å². The van der Waals surface area contributed by atoms with Crippen molar-refractivity contribution in [1.82, 2.24) is 0 Å². The van der Waals surface area contributed by atoms with Crippen LogP contribution >= 0.6 is 0 Å². The first-order valence-electron chi connectivity index (χ1n) is 3.88. The molecule has 0 bridgehead atoms. The van der Waals surface area contributed by atoms with E-state index in [0.717, 1.165) is 0 Å². The molecule has 3 heteroatoms. The molecule has 0 aliphatic heterocycles. The van der Waals surface area contributed by atoms with Gasteiger partial charge in [0, 0.05) is 18.6 Å². The van der Waals surface area contributed by atoms with E-state index in [4.69, 9.17) is 9.47 Å². The van der Waals surface area contributed by atoms with Crippen LogP contribution in [0.5, 0.6) is 0 Å². The summed E-state index contributed by atoms with van der Waals surface area (Å²) >= 11 is 0. The third kappa shape index (κ3) is 3.53. The second kappa shape index (κ2) is 4.93. The zero-order chi connectivity index (χ0) is 9.72. The van der Waals surface area contributed by atoms with Crippen LogP contribution in [-0.4, -0.2) is 19.4 Å². The highest BCUT2D eigenvalue weighted by Crippen LogP contribution is 2.08. The molecule has 0 aliphatic carbocycles. The normalized spacial score (nSPS) is 12.8. The van der Waals surface area contributed by atoms with E-state index >= 15 is 0 Å². The molecule has 3 nitrogen and oxygen atoms in total. The summed E-state index contributed by atoms with van der Waals surface area (Å²) in [5, 5.41) is 0. The van der Waals surface area contributed by atoms with Gasteiger partial charge < -0.3 is 9.47 Å². The number of esters is 1. The molecule has 1 atom stereocenters. The van der Waals surface area contributed by atoms with Crippen molar-refractivity contribution >= 4 is 5.97 Å². The molecule has 12 heavy (non-hydrogen) atoms. The zero-order valence-corrected chi connectivity index (χ0v) is 8.09. The molecule has 0 spiro atoms. The average Bonchev–Trinajstić information content (AvgIpc) is 1.98. The quantitative estimate of drug-likeness (QED) is 0.368. The van der Waals surface area contributed by atoms with Crippen molar-refractivity contribution in [3.63, 3.8) is 0 Å². The Morgan fingerprint density at radius 1 is 1.42 bits per heavy atom. The van der Waals surface area contributed by atoms with Crippen LogP contribution < -0.4 is 0 Å². The lowest BCUT2D eigenvalue weighted by atomic mass is 10.2. The molecule has 70 valence electrons. The summed E-state index contributed by atoms with van der Waals surface area (Å²) in [4.78, 5) is 11.0. The van der Waals surface area contributed by atoms with E-state index in [1.165, 1.54) is 7.11 Å². The molecule has 0 aromatic rings. The van der Waals surface area contributed by atoms with Gasteiger partial charge in [0.15, 0.2) is 0 Å². The summed E-state index contributed by atoms with van der Waals surface area (Å²) < 4.78 is 9.91. The van der Waals surface area contributed by atoms with E-state index in [9.17, 15) is 4.79 Å². The van der Waals surface area contributed by atoms with Gasteiger partial charge in [0.2, 0.25) is 6.29 Å². The largest absolute Gasteiger partial charge is 0.432 e. The van der Waals surface area contributed by atoms with Crippen molar-refractivity contribution in [3.05, 3.63) is 12.2 Å². The maximum atomic E-state index is 11.0. The molecule has 0 amide bonds. The standard InChI is InChI=1S/C9H16O3/c1-6(2)8(10)12-9(11-5)7(3)4/h7,9H,1H2,2-5H3. The molecule has 0 fully saturated rings. The summed E-state index contributed by atoms with van der Waals surface area (Å²) in [7, 11) is 1.51. The Hall–Kier alpha value is -0.830. The Bertz CT molecular complexity index is 173. The minimum Gasteiger partial charge on any atom is -0.432 e. The number of ether oxygens (including phenoxy) is 2. The number of carbonyl (C=O) groups is 1. The van der Waals surface area contributed by atoms with Crippen molar-refractivity contribution in [2.24, 2.45) is 5.92 Å². The highest BCUT2D eigenvalue weighted by atomic mass is 16.7. The summed E-state index contributed by atoms with van der Waals surface area (Å²) in [6, 6.07) is 0. The highest BCUT2D eigenvalue weighted by molar-refractivity contribution is 5.87. The summed E-state index contributed by atoms with van der Waals surface area (Å²) in [6.07, 6.45) is -0.478. The fraction of sp³-hybridized carbons (Fsp3) is 0.667. The van der Waals surface area contributed by atoms with Crippen LogP contribution in [0.4, 0.5) is 0 Å². The number of hydrogen-bond acceptors (Lipinski definition) is 3. The monoisotopic (exact) mass is 172 g/mol. The Morgan fingerprint density at radius 2 is 1.92 bits per heavy atom. The third-order valence-corrected chi connectivity index (χ3v) is 1.35. The Labute approximate surface area is 73.4 Å². The van der Waals surface area contributed by atoms with Crippen LogP contribution in [0.2, 0.25) is 0 Å². The van der Waals surface area contributed by atoms with Crippen molar-refractivity contribution in [2.75, 3.05) is 7.11 Å². The highest BCUT2D eigenvalue weighted by Gasteiger charge is 2.17. The first-order valence-corrected chi connectivity index (χ1v) is 3.88. The number of hydrogen-bond donors (Lipinski definition) is 0. The van der Waals surface area contributed by atoms with Crippen LogP contribution in [-0.2, 0) is 14.3 Å². The van der Waals surface area contributed by atoms with Crippen LogP contribution in [0, 0.1) is 5.92 Å². The van der Waals surface area contributed by atoms with Gasteiger partial charge in [-0.1, -0.05) is 20.4 Å². The van der Waals surface area contributed by atoms with Gasteiger partial charge in [-0.05, 0) is 6.92 Å². The molecular weight excluding hydrogens is 156 g/mol. The molecule has 0 radical (unpaired) electrons. The fourth-order valence-electron chi connectivity index (χ4n) is 0.662. The Balaban J connectivity index is 4.03. The molecule has 0 saturated carbocycles. The SMILES string of the molecule is C=C(C)C(=O)OC(OC)C(C)C. The van der Waals surface area contributed by atoms with Gasteiger partial charge in [-0.2, -0.15) is 0 Å². The predicted molar refractivity (Wildman–Crippen MR) is 46.5 cm³/mol. The topological polar surface area (TPSA) is 35.5 Å². The number of methoxy groups -OCH3 is 1. The van der Waals surface area contributed by atoms with Gasteiger partial charge in [0.05, 0.1) is 0 Å². The summed E-state index contributed by atoms with van der Waals surface area (Å²) in [5.74, 6) is -0.256. The van der Waals surface area contributed by atoms with Crippen molar-refractivity contribution in [2.45, 2.75) is 27.1 Å². The maximum absolute atomic E-state index is 11.0. The van der Waals surface area contributed by atoms with Crippen LogP contribution in [0.3, 0.4) is 0 Å². The van der Waals surface area contributed by atoms with Crippen LogP contribution in [0.15, 0.2) is 12.2 Å². The van der Waals surface area contributed by atoms with Gasteiger partial charge in [-0.3, -0.25) is 0 Å². The average molecular weight is 172 g/mol. The first-order chi connectivity index (χ1) is 5.49. The number of carbonyl (C=O) groups excluding carboxylic acids is 1.